The van der Waals surface area contributed by atoms with Crippen LogP contribution in [0.4, 0.5) is 22.7 Å². The van der Waals surface area contributed by atoms with Gasteiger partial charge in [0, 0.05) is 11.1 Å². The van der Waals surface area contributed by atoms with Gasteiger partial charge < -0.3 is 4.90 Å². The minimum Gasteiger partial charge on any atom is -0.310 e. The molecule has 0 spiro atoms. The third kappa shape index (κ3) is 3.45. The van der Waals surface area contributed by atoms with Crippen LogP contribution in [0.5, 0.6) is 0 Å². The van der Waals surface area contributed by atoms with Gasteiger partial charge in [-0.1, -0.05) is 92.7 Å². The van der Waals surface area contributed by atoms with E-state index < -0.39 is 0 Å². The van der Waals surface area contributed by atoms with E-state index in [0.29, 0.717) is 16.8 Å². The summed E-state index contributed by atoms with van der Waals surface area (Å²) in [5.74, 6) is -0.599. The highest BCUT2D eigenvalue weighted by atomic mass is 16.2. The van der Waals surface area contributed by atoms with Crippen molar-refractivity contribution in [2.24, 2.45) is 0 Å². The minimum absolute atomic E-state index is 0.172. The van der Waals surface area contributed by atoms with Gasteiger partial charge in [-0.3, -0.25) is 9.59 Å². The summed E-state index contributed by atoms with van der Waals surface area (Å²) in [4.78, 5) is 30.6. The number of rotatable bonds is 3. The molecule has 0 saturated carbocycles. The molecule has 0 unspecified atom stereocenters. The number of nitrogens with zero attached hydrogens (tertiary/aromatic N) is 2. The number of para-hydroxylation sites is 2. The highest BCUT2D eigenvalue weighted by Gasteiger charge is 2.39. The second kappa shape index (κ2) is 8.53. The largest absolute Gasteiger partial charge is 0.310 e. The Morgan fingerprint density at radius 1 is 0.487 bits per heavy atom. The first-order valence-electron chi connectivity index (χ1n) is 13.1. The third-order valence-electron chi connectivity index (χ3n) is 8.00. The third-order valence-corrected chi connectivity index (χ3v) is 8.00. The number of carbonyl (C=O) groups is 2. The van der Waals surface area contributed by atoms with Gasteiger partial charge in [0.15, 0.2) is 0 Å². The molecule has 0 aromatic heterocycles. The quantitative estimate of drug-likeness (QED) is 0.231. The predicted molar refractivity (Wildman–Crippen MR) is 156 cm³/mol. The van der Waals surface area contributed by atoms with Crippen LogP contribution in [0.15, 0.2) is 121 Å². The van der Waals surface area contributed by atoms with Crippen molar-refractivity contribution in [1.82, 2.24) is 0 Å². The van der Waals surface area contributed by atoms with E-state index in [9.17, 15) is 9.59 Å². The fourth-order valence-corrected chi connectivity index (χ4v) is 5.98. The molecule has 4 heteroatoms. The van der Waals surface area contributed by atoms with Crippen molar-refractivity contribution >= 4 is 34.6 Å². The summed E-state index contributed by atoms with van der Waals surface area (Å²) in [7, 11) is 0. The van der Waals surface area contributed by atoms with Gasteiger partial charge in [0.1, 0.15) is 0 Å². The zero-order chi connectivity index (χ0) is 26.7. The van der Waals surface area contributed by atoms with Crippen LogP contribution in [0, 0.1) is 0 Å². The van der Waals surface area contributed by atoms with Crippen LogP contribution in [-0.2, 0) is 5.41 Å². The van der Waals surface area contributed by atoms with E-state index in [4.69, 9.17) is 0 Å². The molecule has 188 valence electrons. The lowest BCUT2D eigenvalue weighted by molar-refractivity contribution is 0.0926. The topological polar surface area (TPSA) is 40.6 Å². The Hall–Kier alpha value is -4.96. The number of hydrogen-bond donors (Lipinski definition) is 0. The number of anilines is 4. The van der Waals surface area contributed by atoms with E-state index in [1.807, 2.05) is 78.9 Å². The molecular weight excluding hydrogens is 480 g/mol. The summed E-state index contributed by atoms with van der Waals surface area (Å²) in [5.41, 5.74) is 8.79. The molecule has 0 fully saturated rings. The van der Waals surface area contributed by atoms with Gasteiger partial charge in [-0.25, -0.2) is 4.90 Å². The first-order chi connectivity index (χ1) is 18.9. The molecule has 0 radical (unpaired) electrons. The molecule has 0 saturated heterocycles. The molecular formula is C35H26N2O2. The highest BCUT2D eigenvalue weighted by Crippen LogP contribution is 2.52. The average molecular weight is 507 g/mol. The smallest absolute Gasteiger partial charge is 0.266 e. The van der Waals surface area contributed by atoms with Crippen LogP contribution in [0.1, 0.15) is 45.7 Å². The predicted octanol–water partition coefficient (Wildman–Crippen LogP) is 8.26. The van der Waals surface area contributed by atoms with E-state index in [-0.39, 0.29) is 17.2 Å². The van der Waals surface area contributed by atoms with Crippen molar-refractivity contribution in [3.63, 3.8) is 0 Å². The Bertz CT molecular complexity index is 1720. The van der Waals surface area contributed by atoms with Crippen molar-refractivity contribution < 1.29 is 9.59 Å². The average Bonchev–Trinajstić information content (AvgIpc) is 3.23. The van der Waals surface area contributed by atoms with Crippen LogP contribution in [0.3, 0.4) is 0 Å². The monoisotopic (exact) mass is 506 g/mol. The van der Waals surface area contributed by atoms with E-state index in [1.54, 1.807) is 6.07 Å². The fourth-order valence-electron chi connectivity index (χ4n) is 5.98. The molecule has 0 bridgehead atoms. The Labute approximate surface area is 227 Å². The molecule has 4 nitrogen and oxygen atoms in total. The zero-order valence-corrected chi connectivity index (χ0v) is 21.8. The van der Waals surface area contributed by atoms with Gasteiger partial charge in [-0.15, -0.1) is 0 Å². The first-order valence-corrected chi connectivity index (χ1v) is 13.1. The summed E-state index contributed by atoms with van der Waals surface area (Å²) < 4.78 is 0. The van der Waals surface area contributed by atoms with Gasteiger partial charge >= 0.3 is 0 Å². The summed E-state index contributed by atoms with van der Waals surface area (Å²) in [5, 5.41) is 0. The standard InChI is InChI=1S/C35H26N2O2/c1-35(2)29-12-6-8-14-31(29)36(32-15-9-7-13-30(32)35)26-20-21-27-28(22-26)34(39)37(33(27)38)25-18-16-24(17-19-25)23-10-4-3-5-11-23/h3-22H,1-2H3. The van der Waals surface area contributed by atoms with Gasteiger partial charge in [-0.2, -0.15) is 0 Å². The molecule has 2 aliphatic rings. The molecule has 2 aliphatic heterocycles. The van der Waals surface area contributed by atoms with E-state index in [0.717, 1.165) is 28.2 Å². The Morgan fingerprint density at radius 2 is 1.00 bits per heavy atom. The Morgan fingerprint density at radius 3 is 1.64 bits per heavy atom. The second-order valence-electron chi connectivity index (χ2n) is 10.6. The van der Waals surface area contributed by atoms with Gasteiger partial charge in [0.25, 0.3) is 11.8 Å². The summed E-state index contributed by atoms with van der Waals surface area (Å²) >= 11 is 0. The van der Waals surface area contributed by atoms with Gasteiger partial charge in [0.2, 0.25) is 0 Å². The van der Waals surface area contributed by atoms with E-state index in [1.165, 1.54) is 16.0 Å². The maximum atomic E-state index is 13.7. The van der Waals surface area contributed by atoms with E-state index >= 15 is 0 Å². The van der Waals surface area contributed by atoms with Crippen molar-refractivity contribution in [1.29, 1.82) is 0 Å². The Kier molecular flexibility index (Phi) is 5.07. The van der Waals surface area contributed by atoms with Crippen molar-refractivity contribution in [3.8, 4) is 11.1 Å². The van der Waals surface area contributed by atoms with Crippen LogP contribution in [0.2, 0.25) is 0 Å². The van der Waals surface area contributed by atoms with Crippen LogP contribution in [0.25, 0.3) is 11.1 Å². The summed E-state index contributed by atoms with van der Waals surface area (Å²) in [6.45, 7) is 4.49. The number of imide groups is 1. The summed E-state index contributed by atoms with van der Waals surface area (Å²) in [6.07, 6.45) is 0. The SMILES string of the molecule is CC1(C)c2ccccc2N(c2ccc3c(c2)C(=O)N(c2ccc(-c4ccccc4)cc2)C3=O)c2ccccc21. The molecule has 5 aromatic carbocycles. The lowest BCUT2D eigenvalue weighted by Gasteiger charge is -2.42. The second-order valence-corrected chi connectivity index (χ2v) is 10.6. The molecule has 39 heavy (non-hydrogen) atoms. The van der Waals surface area contributed by atoms with E-state index in [2.05, 4.69) is 55.1 Å². The Balaban J connectivity index is 1.29. The summed E-state index contributed by atoms with van der Waals surface area (Å²) in [6, 6.07) is 40.0. The molecule has 7 rings (SSSR count). The van der Waals surface area contributed by atoms with Crippen molar-refractivity contribution in [2.75, 3.05) is 9.80 Å². The first kappa shape index (κ1) is 23.2. The molecule has 2 heterocycles. The lowest BCUT2D eigenvalue weighted by atomic mass is 9.73. The molecule has 0 aliphatic carbocycles. The maximum Gasteiger partial charge on any atom is 0.266 e. The molecule has 0 atom stereocenters. The molecule has 5 aromatic rings. The van der Waals surface area contributed by atoms with Crippen molar-refractivity contribution in [2.45, 2.75) is 19.3 Å². The number of hydrogen-bond acceptors (Lipinski definition) is 3. The highest BCUT2D eigenvalue weighted by molar-refractivity contribution is 6.34. The molecule has 0 N–H and O–H groups in total. The number of amides is 2. The van der Waals surface area contributed by atoms with Crippen LogP contribution >= 0.6 is 0 Å². The number of carbonyl (C=O) groups excluding carboxylic acids is 2. The van der Waals surface area contributed by atoms with Gasteiger partial charge in [-0.05, 0) is 64.7 Å². The van der Waals surface area contributed by atoms with Crippen molar-refractivity contribution in [3.05, 3.63) is 144 Å². The van der Waals surface area contributed by atoms with Crippen LogP contribution in [-0.4, -0.2) is 11.8 Å². The van der Waals surface area contributed by atoms with Gasteiger partial charge in [0.05, 0.1) is 28.2 Å². The fraction of sp³-hybridized carbons (Fsp3) is 0.0857. The molecule has 2 amide bonds. The number of benzene rings is 5. The maximum absolute atomic E-state index is 13.7. The minimum atomic E-state index is -0.303. The normalized spacial score (nSPS) is 15.1. The number of fused-ring (bicyclic) bond motifs is 3. The lowest BCUT2D eigenvalue weighted by Crippen LogP contribution is -2.30. The van der Waals surface area contributed by atoms with Crippen LogP contribution < -0.4 is 9.80 Å². The zero-order valence-electron chi connectivity index (χ0n) is 21.8.